The predicted octanol–water partition coefficient (Wildman–Crippen LogP) is 4.26. The number of benzene rings is 2. The van der Waals surface area contributed by atoms with Crippen LogP contribution in [0.5, 0.6) is 11.5 Å². The first-order valence-electron chi connectivity index (χ1n) is 8.56. The van der Waals surface area contributed by atoms with E-state index in [-0.39, 0.29) is 24.2 Å². The van der Waals surface area contributed by atoms with Crippen molar-refractivity contribution >= 4 is 5.91 Å². The Kier molecular flexibility index (Phi) is 5.56. The normalized spacial score (nSPS) is 16.4. The van der Waals surface area contributed by atoms with Crippen LogP contribution in [-0.4, -0.2) is 25.0 Å². The van der Waals surface area contributed by atoms with Gasteiger partial charge in [0.1, 0.15) is 5.82 Å². The van der Waals surface area contributed by atoms with Gasteiger partial charge in [0.15, 0.2) is 11.5 Å². The summed E-state index contributed by atoms with van der Waals surface area (Å²) in [6, 6.07) is 11.8. The minimum atomic E-state index is -0.275. The number of methoxy groups -OCH3 is 2. The third-order valence-corrected chi connectivity index (χ3v) is 4.55. The molecule has 0 radical (unpaired) electrons. The van der Waals surface area contributed by atoms with Crippen LogP contribution in [0.15, 0.2) is 54.7 Å². The fraction of sp³-hybridized carbons (Fsp3) is 0.286. The molecule has 1 amide bonds. The highest BCUT2D eigenvalue weighted by Crippen LogP contribution is 2.32. The molecule has 0 aromatic heterocycles. The van der Waals surface area contributed by atoms with Gasteiger partial charge in [-0.2, -0.15) is 0 Å². The summed E-state index contributed by atoms with van der Waals surface area (Å²) in [7, 11) is 3.15. The van der Waals surface area contributed by atoms with Crippen molar-refractivity contribution in [3.8, 4) is 11.5 Å². The molecule has 0 unspecified atom stereocenters. The molecular weight excluding hydrogens is 333 g/mol. The van der Waals surface area contributed by atoms with Gasteiger partial charge < -0.3 is 14.4 Å². The zero-order valence-electron chi connectivity index (χ0n) is 14.9. The monoisotopic (exact) mass is 355 g/mol. The van der Waals surface area contributed by atoms with Crippen molar-refractivity contribution in [2.75, 3.05) is 14.2 Å². The molecule has 0 saturated carbocycles. The van der Waals surface area contributed by atoms with Crippen molar-refractivity contribution < 1.29 is 18.7 Å². The van der Waals surface area contributed by atoms with Gasteiger partial charge in [0.05, 0.1) is 26.7 Å². The van der Waals surface area contributed by atoms with Crippen LogP contribution in [0, 0.1) is 5.82 Å². The highest BCUT2D eigenvalue weighted by Gasteiger charge is 2.25. The van der Waals surface area contributed by atoms with Crippen molar-refractivity contribution in [1.82, 2.24) is 4.90 Å². The Morgan fingerprint density at radius 2 is 1.85 bits per heavy atom. The minimum absolute atomic E-state index is 0.0116. The maximum atomic E-state index is 13.2. The van der Waals surface area contributed by atoms with Crippen molar-refractivity contribution in [3.05, 3.63) is 71.7 Å². The summed E-state index contributed by atoms with van der Waals surface area (Å²) in [4.78, 5) is 14.6. The van der Waals surface area contributed by atoms with E-state index in [0.29, 0.717) is 11.5 Å². The molecular formula is C21H22FNO3. The van der Waals surface area contributed by atoms with Crippen LogP contribution in [0.3, 0.4) is 0 Å². The Morgan fingerprint density at radius 1 is 1.12 bits per heavy atom. The second-order valence-corrected chi connectivity index (χ2v) is 6.20. The van der Waals surface area contributed by atoms with Gasteiger partial charge >= 0.3 is 0 Å². The van der Waals surface area contributed by atoms with Gasteiger partial charge in [-0.25, -0.2) is 4.39 Å². The lowest BCUT2D eigenvalue weighted by molar-refractivity contribution is -0.130. The lowest BCUT2D eigenvalue weighted by atomic mass is 9.97. The van der Waals surface area contributed by atoms with E-state index in [1.54, 1.807) is 37.3 Å². The summed E-state index contributed by atoms with van der Waals surface area (Å²) in [6.07, 6.45) is 5.79. The molecule has 136 valence electrons. The van der Waals surface area contributed by atoms with E-state index < -0.39 is 0 Å². The Hall–Kier alpha value is -2.82. The Bertz CT molecular complexity index is 801. The minimum Gasteiger partial charge on any atom is -0.493 e. The van der Waals surface area contributed by atoms with Crippen molar-refractivity contribution in [3.63, 3.8) is 0 Å². The highest BCUT2D eigenvalue weighted by molar-refractivity contribution is 5.80. The molecule has 2 aromatic rings. The van der Waals surface area contributed by atoms with Crippen LogP contribution in [-0.2, 0) is 11.2 Å². The summed E-state index contributed by atoms with van der Waals surface area (Å²) < 4.78 is 23.8. The third-order valence-electron chi connectivity index (χ3n) is 4.55. The van der Waals surface area contributed by atoms with E-state index in [1.165, 1.54) is 12.1 Å². The van der Waals surface area contributed by atoms with E-state index in [1.807, 2.05) is 24.4 Å². The molecule has 0 fully saturated rings. The molecule has 5 heteroatoms. The molecule has 0 aliphatic carbocycles. The highest BCUT2D eigenvalue weighted by atomic mass is 19.1. The van der Waals surface area contributed by atoms with Gasteiger partial charge in [-0.05, 0) is 48.2 Å². The number of carbonyl (C=O) groups excluding carboxylic acids is 1. The summed E-state index contributed by atoms with van der Waals surface area (Å²) in [5.41, 5.74) is 1.79. The zero-order valence-corrected chi connectivity index (χ0v) is 14.9. The van der Waals surface area contributed by atoms with Gasteiger partial charge in [-0.3, -0.25) is 4.79 Å². The molecule has 26 heavy (non-hydrogen) atoms. The maximum Gasteiger partial charge on any atom is 0.231 e. The summed E-state index contributed by atoms with van der Waals surface area (Å²) in [5, 5.41) is 0. The molecule has 1 aliphatic heterocycles. The van der Waals surface area contributed by atoms with Crippen molar-refractivity contribution in [1.29, 1.82) is 0 Å². The van der Waals surface area contributed by atoms with Gasteiger partial charge in [-0.15, -0.1) is 0 Å². The van der Waals surface area contributed by atoms with Crippen LogP contribution in [0.25, 0.3) is 0 Å². The number of hydrogen-bond acceptors (Lipinski definition) is 3. The standard InChI is InChI=1S/C21H22FNO3/c1-25-19-11-6-15(13-20(19)26-2)14-21(24)23-12-4-3-5-18(23)16-7-9-17(22)10-8-16/h4,6-13,18H,3,5,14H2,1-2H3/t18-/m0/s1. The average molecular weight is 355 g/mol. The van der Waals surface area contributed by atoms with Gasteiger partial charge in [0.2, 0.25) is 5.91 Å². The number of hydrogen-bond donors (Lipinski definition) is 0. The van der Waals surface area contributed by atoms with Crippen molar-refractivity contribution in [2.45, 2.75) is 25.3 Å². The maximum absolute atomic E-state index is 13.2. The van der Waals surface area contributed by atoms with E-state index in [4.69, 9.17) is 9.47 Å². The summed E-state index contributed by atoms with van der Waals surface area (Å²) in [5.74, 6) is 0.943. The van der Waals surface area contributed by atoms with Crippen LogP contribution >= 0.6 is 0 Å². The SMILES string of the molecule is COc1ccc(CC(=O)N2C=CCC[C@H]2c2ccc(F)cc2)cc1OC. The molecule has 1 aliphatic rings. The average Bonchev–Trinajstić information content (AvgIpc) is 2.68. The molecule has 3 rings (SSSR count). The topological polar surface area (TPSA) is 38.8 Å². The largest absolute Gasteiger partial charge is 0.493 e. The van der Waals surface area contributed by atoms with Crippen LogP contribution in [0.2, 0.25) is 0 Å². The lowest BCUT2D eigenvalue weighted by Gasteiger charge is -2.32. The fourth-order valence-electron chi connectivity index (χ4n) is 3.21. The number of rotatable bonds is 5. The van der Waals surface area contributed by atoms with Crippen LogP contribution < -0.4 is 9.47 Å². The van der Waals surface area contributed by atoms with E-state index in [2.05, 4.69) is 0 Å². The second kappa shape index (κ2) is 8.04. The Balaban J connectivity index is 1.80. The zero-order chi connectivity index (χ0) is 18.5. The first-order chi connectivity index (χ1) is 12.6. The first kappa shape index (κ1) is 18.0. The van der Waals surface area contributed by atoms with Gasteiger partial charge in [0.25, 0.3) is 0 Å². The molecule has 0 saturated heterocycles. The lowest BCUT2D eigenvalue weighted by Crippen LogP contribution is -2.33. The smallest absolute Gasteiger partial charge is 0.231 e. The third kappa shape index (κ3) is 3.87. The number of amides is 1. The van der Waals surface area contributed by atoms with Crippen LogP contribution in [0.1, 0.15) is 30.0 Å². The molecule has 0 bridgehead atoms. The Morgan fingerprint density at radius 3 is 2.54 bits per heavy atom. The van der Waals surface area contributed by atoms with Gasteiger partial charge in [-0.1, -0.05) is 24.3 Å². The number of carbonyl (C=O) groups is 1. The van der Waals surface area contributed by atoms with Crippen molar-refractivity contribution in [2.24, 2.45) is 0 Å². The first-order valence-corrected chi connectivity index (χ1v) is 8.56. The number of halogens is 1. The van der Waals surface area contributed by atoms with Crippen LogP contribution in [0.4, 0.5) is 4.39 Å². The molecule has 0 spiro atoms. The van der Waals surface area contributed by atoms with E-state index >= 15 is 0 Å². The van der Waals surface area contributed by atoms with E-state index in [0.717, 1.165) is 24.0 Å². The molecule has 1 heterocycles. The summed E-state index contributed by atoms with van der Waals surface area (Å²) in [6.45, 7) is 0. The molecule has 0 N–H and O–H groups in total. The van der Waals surface area contributed by atoms with Gasteiger partial charge in [0, 0.05) is 6.20 Å². The second-order valence-electron chi connectivity index (χ2n) is 6.20. The van der Waals surface area contributed by atoms with E-state index in [9.17, 15) is 9.18 Å². The summed E-state index contributed by atoms with van der Waals surface area (Å²) >= 11 is 0. The molecule has 1 atom stereocenters. The number of nitrogens with zero attached hydrogens (tertiary/aromatic N) is 1. The molecule has 4 nitrogen and oxygen atoms in total. The Labute approximate surface area is 152 Å². The predicted molar refractivity (Wildman–Crippen MR) is 97.6 cm³/mol. The fourth-order valence-corrected chi connectivity index (χ4v) is 3.21. The number of allylic oxidation sites excluding steroid dienone is 1. The quantitative estimate of drug-likeness (QED) is 0.804. The molecule has 2 aromatic carbocycles. The number of ether oxygens (including phenoxy) is 2.